The highest BCUT2D eigenvalue weighted by Crippen LogP contribution is 2.64. The van der Waals surface area contributed by atoms with Gasteiger partial charge in [-0.05, 0) is 89.7 Å². The molecule has 0 aliphatic heterocycles. The molecule has 130 valence electrons. The average molecular weight is 442 g/mol. The number of phenolic OH excluding ortho intramolecular Hbond substituents is 1. The maximum Gasteiger partial charge on any atom is 0.165 e. The van der Waals surface area contributed by atoms with Crippen LogP contribution in [0, 0.1) is 23.1 Å². The van der Waals surface area contributed by atoms with Crippen molar-refractivity contribution in [1.29, 1.82) is 0 Å². The van der Waals surface area contributed by atoms with Gasteiger partial charge in [0.1, 0.15) is 0 Å². The van der Waals surface area contributed by atoms with Gasteiger partial charge in [-0.3, -0.25) is 0 Å². The third kappa shape index (κ3) is 2.21. The van der Waals surface area contributed by atoms with E-state index in [1.54, 1.807) is 12.1 Å². The molecule has 1 aromatic carbocycles. The van der Waals surface area contributed by atoms with Crippen molar-refractivity contribution in [3.05, 3.63) is 39.2 Å². The molecule has 2 fully saturated rings. The molecule has 4 rings (SSSR count). The van der Waals surface area contributed by atoms with Gasteiger partial charge in [0.05, 0.1) is 5.60 Å². The summed E-state index contributed by atoms with van der Waals surface area (Å²) in [6.45, 7) is 2.25. The van der Waals surface area contributed by atoms with E-state index in [4.69, 9.17) is 0 Å². The summed E-state index contributed by atoms with van der Waals surface area (Å²) in [5, 5.41) is 20.9. The summed E-state index contributed by atoms with van der Waals surface area (Å²) in [6.07, 6.45) is 7.80. The van der Waals surface area contributed by atoms with E-state index in [9.17, 15) is 14.6 Å². The molecule has 0 radical (unpaired) electrons. The summed E-state index contributed by atoms with van der Waals surface area (Å²) in [5.74, 6) is 0.636. The lowest BCUT2D eigenvalue weighted by Gasteiger charge is -2.52. The number of aryl methyl sites for hydroxylation is 1. The fourth-order valence-corrected chi connectivity index (χ4v) is 6.60. The van der Waals surface area contributed by atoms with E-state index in [-0.39, 0.29) is 11.2 Å². The first-order chi connectivity index (χ1) is 11.4. The maximum atomic E-state index is 13.9. The third-order valence-corrected chi connectivity index (χ3v) is 7.71. The van der Waals surface area contributed by atoms with Gasteiger partial charge >= 0.3 is 0 Å². The molecule has 0 unspecified atom stereocenters. The number of benzene rings is 1. The lowest BCUT2D eigenvalue weighted by Crippen LogP contribution is -2.49. The molecule has 0 spiro atoms. The van der Waals surface area contributed by atoms with Crippen LogP contribution in [0.15, 0.2) is 22.3 Å². The van der Waals surface area contributed by atoms with Crippen molar-refractivity contribution >= 4 is 22.6 Å². The predicted molar refractivity (Wildman–Crippen MR) is 101 cm³/mol. The predicted octanol–water partition coefficient (Wildman–Crippen LogP) is 5.07. The summed E-state index contributed by atoms with van der Waals surface area (Å²) >= 11 is 2.20. The van der Waals surface area contributed by atoms with E-state index in [2.05, 4.69) is 29.5 Å². The summed E-state index contributed by atoms with van der Waals surface area (Å²) in [6, 6.07) is 3.19. The molecule has 4 heteroatoms. The van der Waals surface area contributed by atoms with Crippen molar-refractivity contribution in [2.45, 2.75) is 57.0 Å². The van der Waals surface area contributed by atoms with Gasteiger partial charge in [-0.1, -0.05) is 29.5 Å². The van der Waals surface area contributed by atoms with E-state index >= 15 is 0 Å². The first-order valence-electron chi connectivity index (χ1n) is 8.91. The van der Waals surface area contributed by atoms with Gasteiger partial charge in [0.25, 0.3) is 0 Å². The highest BCUT2D eigenvalue weighted by molar-refractivity contribution is 14.1. The largest absolute Gasteiger partial charge is 0.505 e. The topological polar surface area (TPSA) is 40.5 Å². The number of rotatable bonds is 1. The highest BCUT2D eigenvalue weighted by Gasteiger charge is 2.60. The summed E-state index contributed by atoms with van der Waals surface area (Å²) < 4.78 is 15.9. The van der Waals surface area contributed by atoms with Crippen LogP contribution >= 0.6 is 22.6 Å². The average Bonchev–Trinajstić information content (AvgIpc) is 2.81. The third-order valence-electron chi connectivity index (χ3n) is 7.35. The molecule has 3 aliphatic rings. The van der Waals surface area contributed by atoms with Gasteiger partial charge in [0.2, 0.25) is 0 Å². The molecule has 2 nitrogen and oxygen atoms in total. The van der Waals surface area contributed by atoms with Crippen LogP contribution in [0.5, 0.6) is 5.75 Å². The van der Waals surface area contributed by atoms with Crippen molar-refractivity contribution in [2.24, 2.45) is 17.3 Å². The van der Waals surface area contributed by atoms with Gasteiger partial charge in [-0.2, -0.15) is 0 Å². The van der Waals surface area contributed by atoms with Crippen molar-refractivity contribution < 1.29 is 14.6 Å². The molecule has 5 atom stereocenters. The van der Waals surface area contributed by atoms with Gasteiger partial charge in [0, 0.05) is 5.41 Å². The number of hydrogen-bond donors (Lipinski definition) is 2. The Morgan fingerprint density at radius 3 is 2.79 bits per heavy atom. The summed E-state index contributed by atoms with van der Waals surface area (Å²) in [5.41, 5.74) is 1.43. The Bertz CT molecular complexity index is 703. The number of phenols is 1. The molecular weight excluding hydrogens is 418 g/mol. The van der Waals surface area contributed by atoms with Crippen LogP contribution in [0.4, 0.5) is 4.39 Å². The second-order valence-electron chi connectivity index (χ2n) is 8.13. The van der Waals surface area contributed by atoms with Crippen LogP contribution in [0.1, 0.15) is 56.1 Å². The maximum absolute atomic E-state index is 13.9. The van der Waals surface area contributed by atoms with Crippen molar-refractivity contribution in [1.82, 2.24) is 0 Å². The van der Waals surface area contributed by atoms with E-state index in [1.807, 2.05) is 10.2 Å². The Hall–Kier alpha value is -0.620. The smallest absolute Gasteiger partial charge is 0.165 e. The van der Waals surface area contributed by atoms with Crippen molar-refractivity contribution in [2.75, 3.05) is 0 Å². The summed E-state index contributed by atoms with van der Waals surface area (Å²) in [7, 11) is 0. The second kappa shape index (κ2) is 5.70. The number of aromatic hydroxyl groups is 1. The van der Waals surface area contributed by atoms with Crippen LogP contribution in [0.25, 0.3) is 0 Å². The van der Waals surface area contributed by atoms with E-state index < -0.39 is 11.4 Å². The zero-order chi connectivity index (χ0) is 17.1. The second-order valence-corrected chi connectivity index (χ2v) is 8.85. The molecule has 0 aromatic heterocycles. The Balaban J connectivity index is 1.72. The molecule has 0 bridgehead atoms. The van der Waals surface area contributed by atoms with Gasteiger partial charge < -0.3 is 10.2 Å². The van der Waals surface area contributed by atoms with Crippen molar-refractivity contribution in [3.63, 3.8) is 0 Å². The first kappa shape index (κ1) is 16.8. The number of aliphatic hydroxyl groups is 1. The number of fused-ring (bicyclic) bond motifs is 5. The van der Waals surface area contributed by atoms with Crippen LogP contribution in [-0.4, -0.2) is 15.8 Å². The molecule has 3 aliphatic carbocycles. The highest BCUT2D eigenvalue weighted by atomic mass is 127. The van der Waals surface area contributed by atoms with Gasteiger partial charge in [-0.25, -0.2) is 4.39 Å². The quantitative estimate of drug-likeness (QED) is 0.597. The molecule has 2 N–H and O–H groups in total. The lowest BCUT2D eigenvalue weighted by molar-refractivity contribution is -0.0708. The van der Waals surface area contributed by atoms with Gasteiger partial charge in [0.15, 0.2) is 11.6 Å². The summed E-state index contributed by atoms with van der Waals surface area (Å²) in [4.78, 5) is 0. The molecule has 0 amide bonds. The molecule has 2 saturated carbocycles. The lowest BCUT2D eigenvalue weighted by atomic mass is 9.53. The Morgan fingerprint density at radius 2 is 2.04 bits per heavy atom. The van der Waals surface area contributed by atoms with E-state index in [0.717, 1.165) is 49.7 Å². The molecule has 24 heavy (non-hydrogen) atoms. The minimum Gasteiger partial charge on any atom is -0.505 e. The van der Waals surface area contributed by atoms with Crippen LogP contribution in [0.2, 0.25) is 0 Å². The fourth-order valence-electron chi connectivity index (χ4n) is 6.01. The van der Waals surface area contributed by atoms with Crippen molar-refractivity contribution in [3.8, 4) is 5.75 Å². The molecule has 1 aromatic rings. The number of halogens is 2. The van der Waals surface area contributed by atoms with Crippen LogP contribution < -0.4 is 0 Å². The minimum atomic E-state index is -0.704. The van der Waals surface area contributed by atoms with E-state index in [0.29, 0.717) is 17.8 Å². The minimum absolute atomic E-state index is 0.0806. The molecular formula is C20H24FIO2. The standard InChI is InChI=1S/C20H24FIO2/c1-19-6-4-13-14(16(19)5-7-20(19,24)8-9-22)3-2-12-10-18(23)17(21)11-15(12)13/h8-11,13-14,16,23-24H,2-7H2,1H3/b9-8+/t13-,14+,16-,19-,20+/m0/s1. The monoisotopic (exact) mass is 442 g/mol. The SMILES string of the molecule is C[C@]12CC[C@@H]3c4cc(F)c(O)cc4CC[C@H]3[C@@H]1CC[C@@]2(O)/C=C/I. The Morgan fingerprint density at radius 1 is 1.25 bits per heavy atom. The zero-order valence-corrected chi connectivity index (χ0v) is 16.1. The fraction of sp³-hybridized carbons (Fsp3) is 0.600. The molecule has 0 heterocycles. The molecule has 0 saturated heterocycles. The number of hydrogen-bond acceptors (Lipinski definition) is 2. The van der Waals surface area contributed by atoms with Crippen LogP contribution in [-0.2, 0) is 6.42 Å². The Kier molecular flexibility index (Phi) is 3.99. The zero-order valence-electron chi connectivity index (χ0n) is 13.9. The normalized spacial score (nSPS) is 41.1. The van der Waals surface area contributed by atoms with Crippen LogP contribution in [0.3, 0.4) is 0 Å². The van der Waals surface area contributed by atoms with E-state index in [1.165, 1.54) is 0 Å². The first-order valence-corrected chi connectivity index (χ1v) is 10.2. The Labute approximate surface area is 156 Å². The van der Waals surface area contributed by atoms with Gasteiger partial charge in [-0.15, -0.1) is 0 Å².